The van der Waals surface area contributed by atoms with E-state index in [1.165, 1.54) is 0 Å². The van der Waals surface area contributed by atoms with E-state index < -0.39 is 26.6 Å². The van der Waals surface area contributed by atoms with Gasteiger partial charge in [-0.25, -0.2) is 21.9 Å². The minimum atomic E-state index is -4.00. The van der Waals surface area contributed by atoms with E-state index in [9.17, 15) is 17.2 Å². The van der Waals surface area contributed by atoms with Gasteiger partial charge in [-0.2, -0.15) is 0 Å². The van der Waals surface area contributed by atoms with Gasteiger partial charge in [-0.1, -0.05) is 37.3 Å². The van der Waals surface area contributed by atoms with Crippen molar-refractivity contribution in [2.24, 2.45) is 0 Å². The molecule has 112 valence electrons. The summed E-state index contributed by atoms with van der Waals surface area (Å²) < 4.78 is 52.7. The van der Waals surface area contributed by atoms with Crippen LogP contribution in [0.25, 0.3) is 0 Å². The van der Waals surface area contributed by atoms with Crippen LogP contribution in [0, 0.1) is 11.6 Å². The Hall–Kier alpha value is -1.79. The average molecular weight is 311 g/mol. The molecule has 3 nitrogen and oxygen atoms in total. The molecule has 0 heterocycles. The lowest BCUT2D eigenvalue weighted by Crippen LogP contribution is -2.28. The van der Waals surface area contributed by atoms with Crippen LogP contribution in [0.3, 0.4) is 0 Å². The molecule has 0 saturated carbocycles. The van der Waals surface area contributed by atoms with E-state index in [1.54, 1.807) is 0 Å². The van der Waals surface area contributed by atoms with Gasteiger partial charge < -0.3 is 0 Å². The van der Waals surface area contributed by atoms with Crippen LogP contribution in [-0.2, 0) is 10.0 Å². The molecule has 0 bridgehead atoms. The third kappa shape index (κ3) is 3.86. The van der Waals surface area contributed by atoms with E-state index in [4.69, 9.17) is 0 Å². The highest BCUT2D eigenvalue weighted by Crippen LogP contribution is 2.17. The van der Waals surface area contributed by atoms with E-state index in [-0.39, 0.29) is 12.5 Å². The molecule has 0 spiro atoms. The van der Waals surface area contributed by atoms with Gasteiger partial charge >= 0.3 is 0 Å². The van der Waals surface area contributed by atoms with Gasteiger partial charge in [0.2, 0.25) is 10.0 Å². The zero-order valence-electron chi connectivity index (χ0n) is 11.4. The standard InChI is InChI=1S/C15H15F2NO2S/c1-11(12-5-3-2-4-6-12)10-18-21(19,20)15-8-7-13(16)9-14(15)17/h2-9,11,18H,10H2,1H3. The van der Waals surface area contributed by atoms with Gasteiger partial charge in [-0.15, -0.1) is 0 Å². The molecule has 0 aliphatic heterocycles. The average Bonchev–Trinajstić information content (AvgIpc) is 2.45. The maximum absolute atomic E-state index is 13.5. The van der Waals surface area contributed by atoms with E-state index in [0.717, 1.165) is 17.7 Å². The molecule has 1 atom stereocenters. The SMILES string of the molecule is CC(CNS(=O)(=O)c1ccc(F)cc1F)c1ccccc1. The molecule has 0 aliphatic carbocycles. The Bertz CT molecular complexity index is 718. The second-order valence-corrected chi connectivity index (χ2v) is 6.47. The van der Waals surface area contributed by atoms with Crippen LogP contribution in [0.15, 0.2) is 53.4 Å². The second-order valence-electron chi connectivity index (χ2n) is 4.74. The Morgan fingerprint density at radius 3 is 2.38 bits per heavy atom. The molecule has 2 aromatic carbocycles. The number of rotatable bonds is 5. The molecule has 0 aromatic heterocycles. The number of sulfonamides is 1. The number of benzene rings is 2. The Morgan fingerprint density at radius 2 is 1.76 bits per heavy atom. The van der Waals surface area contributed by atoms with Crippen molar-refractivity contribution in [3.8, 4) is 0 Å². The molecule has 0 aliphatic rings. The molecule has 1 N–H and O–H groups in total. The molecule has 0 saturated heterocycles. The quantitative estimate of drug-likeness (QED) is 0.922. The minimum absolute atomic E-state index is 0.0653. The number of halogens is 2. The summed E-state index contributed by atoms with van der Waals surface area (Å²) >= 11 is 0. The fourth-order valence-electron chi connectivity index (χ4n) is 1.91. The molecule has 0 amide bonds. The molecule has 0 radical (unpaired) electrons. The summed E-state index contributed by atoms with van der Waals surface area (Å²) in [6.45, 7) is 1.99. The third-order valence-electron chi connectivity index (χ3n) is 3.13. The lowest BCUT2D eigenvalue weighted by Gasteiger charge is -2.13. The van der Waals surface area contributed by atoms with Crippen LogP contribution >= 0.6 is 0 Å². The van der Waals surface area contributed by atoms with E-state index in [2.05, 4.69) is 4.72 Å². The lowest BCUT2D eigenvalue weighted by molar-refractivity contribution is 0.540. The highest BCUT2D eigenvalue weighted by molar-refractivity contribution is 7.89. The third-order valence-corrected chi connectivity index (χ3v) is 4.59. The monoisotopic (exact) mass is 311 g/mol. The van der Waals surface area contributed by atoms with Crippen LogP contribution in [0.1, 0.15) is 18.4 Å². The Balaban J connectivity index is 2.11. The van der Waals surface area contributed by atoms with E-state index in [0.29, 0.717) is 6.07 Å². The predicted molar refractivity (Wildman–Crippen MR) is 76.4 cm³/mol. The zero-order valence-corrected chi connectivity index (χ0v) is 12.2. The van der Waals surface area contributed by atoms with Crippen LogP contribution in [0.2, 0.25) is 0 Å². The molecule has 6 heteroatoms. The lowest BCUT2D eigenvalue weighted by atomic mass is 10.0. The minimum Gasteiger partial charge on any atom is -0.210 e. The van der Waals surface area contributed by atoms with Crippen molar-refractivity contribution >= 4 is 10.0 Å². The smallest absolute Gasteiger partial charge is 0.210 e. The van der Waals surface area contributed by atoms with E-state index in [1.807, 2.05) is 37.3 Å². The van der Waals surface area contributed by atoms with E-state index >= 15 is 0 Å². The Morgan fingerprint density at radius 1 is 1.10 bits per heavy atom. The predicted octanol–water partition coefficient (Wildman–Crippen LogP) is 3.05. The molecule has 21 heavy (non-hydrogen) atoms. The van der Waals surface area contributed by atoms with Crippen molar-refractivity contribution in [3.05, 3.63) is 65.7 Å². The summed E-state index contributed by atoms with van der Waals surface area (Å²) in [6.07, 6.45) is 0. The van der Waals surface area contributed by atoms with Gasteiger partial charge in [0.25, 0.3) is 0 Å². The van der Waals surface area contributed by atoms with Crippen LogP contribution < -0.4 is 4.72 Å². The van der Waals surface area contributed by atoms with Crippen molar-refractivity contribution in [1.82, 2.24) is 4.72 Å². The maximum atomic E-state index is 13.5. The highest BCUT2D eigenvalue weighted by Gasteiger charge is 2.20. The fraction of sp³-hybridized carbons (Fsp3) is 0.200. The van der Waals surface area contributed by atoms with Gasteiger partial charge in [0.1, 0.15) is 16.5 Å². The molecular weight excluding hydrogens is 296 g/mol. The van der Waals surface area contributed by atoms with Crippen molar-refractivity contribution in [3.63, 3.8) is 0 Å². The topological polar surface area (TPSA) is 46.2 Å². The summed E-state index contributed by atoms with van der Waals surface area (Å²) in [5, 5.41) is 0. The van der Waals surface area contributed by atoms with Crippen molar-refractivity contribution in [1.29, 1.82) is 0 Å². The normalized spacial score (nSPS) is 13.1. The molecule has 0 fully saturated rings. The number of hydrogen-bond donors (Lipinski definition) is 1. The molecule has 1 unspecified atom stereocenters. The summed E-state index contributed by atoms with van der Waals surface area (Å²) in [7, 11) is -4.00. The zero-order chi connectivity index (χ0) is 15.5. The van der Waals surface area contributed by atoms with Gasteiger partial charge in [0.05, 0.1) is 0 Å². The molecule has 2 rings (SSSR count). The fourth-order valence-corrected chi connectivity index (χ4v) is 3.09. The number of nitrogens with one attached hydrogen (secondary N) is 1. The molecule has 2 aromatic rings. The van der Waals surface area contributed by atoms with Crippen LogP contribution in [-0.4, -0.2) is 15.0 Å². The first-order chi connectivity index (χ1) is 9.90. The van der Waals surface area contributed by atoms with Crippen molar-refractivity contribution in [2.45, 2.75) is 17.7 Å². The largest absolute Gasteiger partial charge is 0.243 e. The Kier molecular flexibility index (Phi) is 4.69. The number of hydrogen-bond acceptors (Lipinski definition) is 2. The van der Waals surface area contributed by atoms with Crippen LogP contribution in [0.5, 0.6) is 0 Å². The van der Waals surface area contributed by atoms with Gasteiger partial charge in [0.15, 0.2) is 0 Å². The van der Waals surface area contributed by atoms with Gasteiger partial charge in [0, 0.05) is 12.6 Å². The van der Waals surface area contributed by atoms with Gasteiger partial charge in [-0.3, -0.25) is 0 Å². The maximum Gasteiger partial charge on any atom is 0.243 e. The van der Waals surface area contributed by atoms with Crippen molar-refractivity contribution < 1.29 is 17.2 Å². The molecular formula is C15H15F2NO2S. The van der Waals surface area contributed by atoms with Crippen LogP contribution in [0.4, 0.5) is 8.78 Å². The summed E-state index contributed by atoms with van der Waals surface area (Å²) in [5.74, 6) is -1.98. The van der Waals surface area contributed by atoms with Crippen molar-refractivity contribution in [2.75, 3.05) is 6.54 Å². The first kappa shape index (κ1) is 15.6. The summed E-state index contributed by atoms with van der Waals surface area (Å²) in [5.41, 5.74) is 0.972. The first-order valence-corrected chi connectivity index (χ1v) is 7.88. The first-order valence-electron chi connectivity index (χ1n) is 6.40. The second kappa shape index (κ2) is 6.32. The summed E-state index contributed by atoms with van der Waals surface area (Å²) in [6, 6.07) is 11.7. The summed E-state index contributed by atoms with van der Waals surface area (Å²) in [4.78, 5) is -0.552. The highest BCUT2D eigenvalue weighted by atomic mass is 32.2. The Labute approximate surface area is 122 Å². The van der Waals surface area contributed by atoms with Gasteiger partial charge in [-0.05, 0) is 23.6 Å².